The Morgan fingerprint density at radius 1 is 1.12 bits per heavy atom. The van der Waals surface area contributed by atoms with Gasteiger partial charge in [-0.1, -0.05) is 0 Å². The number of rotatable bonds is 6. The standard InChI is InChI=1S/C15H11F2N3O5/c16-15(17)25-10-3-1-9(2-4-10)13(22)20-12(21)8-24-14(23)11-7-18-5-6-19-11/h1-7,15H,8H2,(H,20,21,22). The highest BCUT2D eigenvalue weighted by Crippen LogP contribution is 2.14. The van der Waals surface area contributed by atoms with Gasteiger partial charge in [-0.05, 0) is 24.3 Å². The van der Waals surface area contributed by atoms with E-state index in [2.05, 4.69) is 19.4 Å². The van der Waals surface area contributed by atoms with E-state index in [9.17, 15) is 23.2 Å². The number of benzene rings is 1. The third-order valence-electron chi connectivity index (χ3n) is 2.70. The summed E-state index contributed by atoms with van der Waals surface area (Å²) in [5, 5.41) is 1.98. The van der Waals surface area contributed by atoms with Crippen LogP contribution < -0.4 is 10.1 Å². The van der Waals surface area contributed by atoms with E-state index in [1.165, 1.54) is 24.5 Å². The van der Waals surface area contributed by atoms with Gasteiger partial charge in [0.25, 0.3) is 11.8 Å². The van der Waals surface area contributed by atoms with Gasteiger partial charge in [-0.25, -0.2) is 9.78 Å². The molecule has 0 aliphatic rings. The number of carbonyl (C=O) groups excluding carboxylic acids is 3. The van der Waals surface area contributed by atoms with Crippen LogP contribution in [0.2, 0.25) is 0 Å². The number of amides is 2. The molecule has 1 aromatic carbocycles. The first-order valence-electron chi connectivity index (χ1n) is 6.78. The first-order valence-corrected chi connectivity index (χ1v) is 6.78. The molecule has 0 saturated heterocycles. The molecular formula is C15H11F2N3O5. The Balaban J connectivity index is 1.83. The molecule has 130 valence electrons. The van der Waals surface area contributed by atoms with Crippen LogP contribution in [-0.2, 0) is 9.53 Å². The number of ether oxygens (including phenoxy) is 2. The number of imide groups is 1. The van der Waals surface area contributed by atoms with Gasteiger partial charge in [0.2, 0.25) is 0 Å². The van der Waals surface area contributed by atoms with E-state index in [-0.39, 0.29) is 17.0 Å². The summed E-state index contributed by atoms with van der Waals surface area (Å²) in [5.41, 5.74) is -0.0496. The molecule has 0 fully saturated rings. The van der Waals surface area contributed by atoms with Gasteiger partial charge in [0, 0.05) is 18.0 Å². The van der Waals surface area contributed by atoms with Crippen molar-refractivity contribution in [1.29, 1.82) is 0 Å². The topological polar surface area (TPSA) is 107 Å². The zero-order valence-corrected chi connectivity index (χ0v) is 12.5. The minimum Gasteiger partial charge on any atom is -0.451 e. The maximum absolute atomic E-state index is 12.0. The van der Waals surface area contributed by atoms with E-state index < -0.39 is 31.0 Å². The number of carbonyl (C=O) groups is 3. The maximum atomic E-state index is 12.0. The van der Waals surface area contributed by atoms with Crippen LogP contribution in [-0.4, -0.2) is 41.0 Å². The Hall–Kier alpha value is -3.43. The van der Waals surface area contributed by atoms with Crippen LogP contribution in [0.1, 0.15) is 20.8 Å². The molecule has 0 atom stereocenters. The number of nitrogens with one attached hydrogen (secondary N) is 1. The molecule has 2 rings (SSSR count). The number of esters is 1. The van der Waals surface area contributed by atoms with Crippen molar-refractivity contribution in [3.05, 3.63) is 54.1 Å². The van der Waals surface area contributed by atoms with E-state index in [0.29, 0.717) is 0 Å². The third-order valence-corrected chi connectivity index (χ3v) is 2.70. The van der Waals surface area contributed by atoms with Gasteiger partial charge in [-0.2, -0.15) is 8.78 Å². The highest BCUT2D eigenvalue weighted by molar-refractivity contribution is 6.05. The molecule has 0 spiro atoms. The van der Waals surface area contributed by atoms with Gasteiger partial charge in [-0.3, -0.25) is 19.9 Å². The highest BCUT2D eigenvalue weighted by Gasteiger charge is 2.15. The predicted octanol–water partition coefficient (Wildman–Crippen LogP) is 1.19. The Labute approximate surface area is 139 Å². The largest absolute Gasteiger partial charge is 0.451 e. The minimum atomic E-state index is -2.98. The SMILES string of the molecule is O=C(COC(=O)c1cnccn1)NC(=O)c1ccc(OC(F)F)cc1. The number of hydrogen-bond donors (Lipinski definition) is 1. The number of nitrogens with zero attached hydrogens (tertiary/aromatic N) is 2. The second-order valence-corrected chi connectivity index (χ2v) is 4.45. The van der Waals surface area contributed by atoms with Crippen LogP contribution in [0.25, 0.3) is 0 Å². The lowest BCUT2D eigenvalue weighted by molar-refractivity contribution is -0.123. The Morgan fingerprint density at radius 3 is 2.44 bits per heavy atom. The number of aromatic nitrogens is 2. The van der Waals surface area contributed by atoms with Crippen molar-refractivity contribution >= 4 is 17.8 Å². The molecule has 8 nitrogen and oxygen atoms in total. The van der Waals surface area contributed by atoms with Crippen LogP contribution in [0.5, 0.6) is 5.75 Å². The first kappa shape index (κ1) is 17.9. The van der Waals surface area contributed by atoms with Crippen LogP contribution >= 0.6 is 0 Å². The zero-order chi connectivity index (χ0) is 18.2. The molecule has 2 aromatic rings. The van der Waals surface area contributed by atoms with Crippen molar-refractivity contribution in [2.45, 2.75) is 6.61 Å². The van der Waals surface area contributed by atoms with Crippen molar-refractivity contribution in [1.82, 2.24) is 15.3 Å². The zero-order valence-electron chi connectivity index (χ0n) is 12.5. The maximum Gasteiger partial charge on any atom is 0.387 e. The summed E-state index contributed by atoms with van der Waals surface area (Å²) < 4.78 is 32.9. The summed E-state index contributed by atoms with van der Waals surface area (Å²) in [6.07, 6.45) is 3.80. The third kappa shape index (κ3) is 5.61. The molecule has 1 N–H and O–H groups in total. The number of alkyl halides is 2. The molecule has 0 aliphatic carbocycles. The van der Waals surface area contributed by atoms with Gasteiger partial charge in [0.05, 0.1) is 6.20 Å². The van der Waals surface area contributed by atoms with E-state index in [1.807, 2.05) is 5.32 Å². The van der Waals surface area contributed by atoms with E-state index >= 15 is 0 Å². The average Bonchev–Trinajstić information content (AvgIpc) is 2.60. The average molecular weight is 351 g/mol. The van der Waals surface area contributed by atoms with Gasteiger partial charge < -0.3 is 9.47 Å². The van der Waals surface area contributed by atoms with Gasteiger partial charge in [-0.15, -0.1) is 0 Å². The van der Waals surface area contributed by atoms with E-state index in [1.54, 1.807) is 0 Å². The molecule has 2 amide bonds. The lowest BCUT2D eigenvalue weighted by Gasteiger charge is -2.07. The molecule has 0 unspecified atom stereocenters. The van der Waals surface area contributed by atoms with Crippen LogP contribution in [0.4, 0.5) is 8.78 Å². The fourth-order valence-electron chi connectivity index (χ4n) is 1.63. The summed E-state index contributed by atoms with van der Waals surface area (Å²) in [7, 11) is 0. The summed E-state index contributed by atoms with van der Waals surface area (Å²) in [4.78, 5) is 42.4. The Kier molecular flexibility index (Phi) is 6.04. The van der Waals surface area contributed by atoms with Crippen molar-refractivity contribution in [3.63, 3.8) is 0 Å². The van der Waals surface area contributed by atoms with Gasteiger partial charge >= 0.3 is 12.6 Å². The van der Waals surface area contributed by atoms with Crippen LogP contribution in [0.3, 0.4) is 0 Å². The van der Waals surface area contributed by atoms with Crippen LogP contribution in [0, 0.1) is 0 Å². The van der Waals surface area contributed by atoms with Gasteiger partial charge in [0.15, 0.2) is 12.3 Å². The molecule has 10 heteroatoms. The lowest BCUT2D eigenvalue weighted by atomic mass is 10.2. The number of hydrogen-bond acceptors (Lipinski definition) is 7. The Bertz CT molecular complexity index is 754. The second-order valence-electron chi connectivity index (χ2n) is 4.45. The van der Waals surface area contributed by atoms with E-state index in [0.717, 1.165) is 18.3 Å². The van der Waals surface area contributed by atoms with E-state index in [4.69, 9.17) is 0 Å². The van der Waals surface area contributed by atoms with Crippen molar-refractivity contribution in [3.8, 4) is 5.75 Å². The van der Waals surface area contributed by atoms with Gasteiger partial charge in [0.1, 0.15) is 5.75 Å². The molecule has 0 aliphatic heterocycles. The fraction of sp³-hybridized carbons (Fsp3) is 0.133. The normalized spacial score (nSPS) is 10.2. The van der Waals surface area contributed by atoms with Crippen molar-refractivity contribution < 1.29 is 32.6 Å². The summed E-state index contributed by atoms with van der Waals surface area (Å²) >= 11 is 0. The Morgan fingerprint density at radius 2 is 1.84 bits per heavy atom. The summed E-state index contributed by atoms with van der Waals surface area (Å²) in [5.74, 6) is -2.65. The lowest BCUT2D eigenvalue weighted by Crippen LogP contribution is -2.34. The predicted molar refractivity (Wildman–Crippen MR) is 77.9 cm³/mol. The molecule has 25 heavy (non-hydrogen) atoms. The molecule has 0 saturated carbocycles. The molecule has 1 heterocycles. The first-order chi connectivity index (χ1) is 12.0. The second kappa shape index (κ2) is 8.43. The smallest absolute Gasteiger partial charge is 0.387 e. The fourth-order valence-corrected chi connectivity index (χ4v) is 1.63. The number of halogens is 2. The monoisotopic (exact) mass is 351 g/mol. The van der Waals surface area contributed by atoms with Crippen LogP contribution in [0.15, 0.2) is 42.9 Å². The molecular weight excluding hydrogens is 340 g/mol. The van der Waals surface area contributed by atoms with Crippen molar-refractivity contribution in [2.75, 3.05) is 6.61 Å². The minimum absolute atomic E-state index is 0.0372. The molecule has 0 bridgehead atoms. The quantitative estimate of drug-likeness (QED) is 0.779. The summed E-state index contributed by atoms with van der Waals surface area (Å²) in [6.45, 7) is -3.68. The molecule has 0 radical (unpaired) electrons. The van der Waals surface area contributed by atoms with Crippen molar-refractivity contribution in [2.24, 2.45) is 0 Å². The molecule has 1 aromatic heterocycles. The summed E-state index contributed by atoms with van der Waals surface area (Å²) in [6, 6.07) is 4.71. The highest BCUT2D eigenvalue weighted by atomic mass is 19.3.